The zero-order chi connectivity index (χ0) is 14.0. The molecule has 1 amide bonds. The van der Waals surface area contributed by atoms with Gasteiger partial charge in [-0.1, -0.05) is 6.92 Å². The van der Waals surface area contributed by atoms with Crippen LogP contribution < -0.4 is 0 Å². The molecule has 1 fully saturated rings. The highest BCUT2D eigenvalue weighted by Gasteiger charge is 2.34. The van der Waals surface area contributed by atoms with Crippen LogP contribution in [0.1, 0.15) is 30.1 Å². The fraction of sp³-hybridized carbons (Fsp3) is 0.583. The summed E-state index contributed by atoms with van der Waals surface area (Å²) in [6.45, 7) is 2.60. The van der Waals surface area contributed by atoms with Crippen molar-refractivity contribution in [3.8, 4) is 0 Å². The van der Waals surface area contributed by atoms with Crippen LogP contribution in [0.15, 0.2) is 15.2 Å². The molecule has 1 aliphatic heterocycles. The monoisotopic (exact) mass is 365 g/mol. The summed E-state index contributed by atoms with van der Waals surface area (Å²) in [5, 5.41) is 1.80. The highest BCUT2D eigenvalue weighted by Crippen LogP contribution is 2.25. The Hall–Kier alpha value is -0.400. The third kappa shape index (κ3) is 3.58. The van der Waals surface area contributed by atoms with Crippen molar-refractivity contribution in [3.63, 3.8) is 0 Å². The number of thiophene rings is 1. The summed E-state index contributed by atoms with van der Waals surface area (Å²) in [7, 11) is -2.97. The van der Waals surface area contributed by atoms with Gasteiger partial charge in [0.2, 0.25) is 0 Å². The fourth-order valence-corrected chi connectivity index (χ4v) is 5.16. The minimum Gasteiger partial charge on any atom is -0.335 e. The van der Waals surface area contributed by atoms with Crippen LogP contribution in [0.5, 0.6) is 0 Å². The first-order valence-corrected chi connectivity index (χ1v) is 9.68. The van der Waals surface area contributed by atoms with Gasteiger partial charge in [-0.3, -0.25) is 4.79 Å². The van der Waals surface area contributed by atoms with E-state index in [0.29, 0.717) is 18.5 Å². The number of nitrogens with zero attached hydrogens (tertiary/aromatic N) is 1. The maximum absolute atomic E-state index is 12.5. The summed E-state index contributed by atoms with van der Waals surface area (Å²) in [5.74, 6) is 0.230. The molecule has 1 aliphatic rings. The van der Waals surface area contributed by atoms with Crippen LogP contribution in [-0.2, 0) is 9.84 Å². The van der Waals surface area contributed by atoms with Gasteiger partial charge in [0.1, 0.15) is 0 Å². The Kier molecular flexibility index (Phi) is 4.68. The molecule has 1 saturated heterocycles. The lowest BCUT2D eigenvalue weighted by Crippen LogP contribution is -2.41. The van der Waals surface area contributed by atoms with Crippen LogP contribution in [0.4, 0.5) is 0 Å². The first-order valence-electron chi connectivity index (χ1n) is 6.18. The molecule has 0 aromatic carbocycles. The van der Waals surface area contributed by atoms with Crippen molar-refractivity contribution >= 4 is 43.0 Å². The Morgan fingerprint density at radius 3 is 2.79 bits per heavy atom. The molecule has 1 atom stereocenters. The second kappa shape index (κ2) is 5.93. The minimum atomic E-state index is -2.97. The van der Waals surface area contributed by atoms with Gasteiger partial charge in [-0.2, -0.15) is 0 Å². The number of carbonyl (C=O) groups excluding carboxylic acids is 1. The van der Waals surface area contributed by atoms with Crippen LogP contribution in [-0.4, -0.2) is 43.3 Å². The van der Waals surface area contributed by atoms with Crippen LogP contribution in [0.25, 0.3) is 0 Å². The first kappa shape index (κ1) is 15.0. The molecule has 0 radical (unpaired) electrons. The molecular weight excluding hydrogens is 350 g/mol. The molecule has 0 bridgehead atoms. The number of rotatable bonds is 4. The Morgan fingerprint density at radius 2 is 2.32 bits per heavy atom. The van der Waals surface area contributed by atoms with Crippen molar-refractivity contribution < 1.29 is 13.2 Å². The van der Waals surface area contributed by atoms with Gasteiger partial charge in [-0.15, -0.1) is 11.3 Å². The zero-order valence-corrected chi connectivity index (χ0v) is 13.9. The molecule has 1 aromatic heterocycles. The van der Waals surface area contributed by atoms with Crippen molar-refractivity contribution in [2.45, 2.75) is 25.8 Å². The second-order valence-corrected chi connectivity index (χ2v) is 9.21. The van der Waals surface area contributed by atoms with E-state index < -0.39 is 9.84 Å². The Morgan fingerprint density at radius 1 is 1.58 bits per heavy atom. The van der Waals surface area contributed by atoms with Gasteiger partial charge in [0.25, 0.3) is 5.91 Å². The van der Waals surface area contributed by atoms with Crippen LogP contribution in [0, 0.1) is 0 Å². The maximum Gasteiger partial charge on any atom is 0.255 e. The van der Waals surface area contributed by atoms with Gasteiger partial charge in [0, 0.05) is 18.0 Å². The molecule has 2 heterocycles. The number of sulfone groups is 1. The van der Waals surface area contributed by atoms with Crippen molar-refractivity contribution in [2.75, 3.05) is 18.1 Å². The molecule has 0 aliphatic carbocycles. The first-order chi connectivity index (χ1) is 8.93. The molecule has 0 spiro atoms. The normalized spacial score (nSPS) is 21.5. The smallest absolute Gasteiger partial charge is 0.255 e. The molecular formula is C12H16BrNO3S2. The molecule has 0 N–H and O–H groups in total. The summed E-state index contributed by atoms with van der Waals surface area (Å²) in [6.07, 6.45) is 1.38. The largest absolute Gasteiger partial charge is 0.335 e. The molecule has 106 valence electrons. The highest BCUT2D eigenvalue weighted by molar-refractivity contribution is 9.11. The summed E-state index contributed by atoms with van der Waals surface area (Å²) in [4.78, 5) is 14.2. The lowest BCUT2D eigenvalue weighted by Gasteiger charge is -2.27. The number of hydrogen-bond acceptors (Lipinski definition) is 4. The molecule has 19 heavy (non-hydrogen) atoms. The SMILES string of the molecule is CCCN(C(=O)c1csc(Br)c1)C1CCS(=O)(=O)C1. The van der Waals surface area contributed by atoms with Gasteiger partial charge in [-0.25, -0.2) is 8.42 Å². The highest BCUT2D eigenvalue weighted by atomic mass is 79.9. The molecule has 2 rings (SSSR count). The molecule has 4 nitrogen and oxygen atoms in total. The predicted octanol–water partition coefficient (Wildman–Crippen LogP) is 2.55. The minimum absolute atomic E-state index is 0.0640. The van der Waals surface area contributed by atoms with Crippen LogP contribution >= 0.6 is 27.3 Å². The van der Waals surface area contributed by atoms with E-state index in [0.717, 1.165) is 10.2 Å². The molecule has 1 unspecified atom stereocenters. The van der Waals surface area contributed by atoms with E-state index in [1.54, 1.807) is 16.3 Å². The summed E-state index contributed by atoms with van der Waals surface area (Å²) >= 11 is 4.80. The quantitative estimate of drug-likeness (QED) is 0.823. The van der Waals surface area contributed by atoms with Gasteiger partial charge in [0.15, 0.2) is 9.84 Å². The van der Waals surface area contributed by atoms with E-state index in [2.05, 4.69) is 15.9 Å². The van der Waals surface area contributed by atoms with E-state index in [9.17, 15) is 13.2 Å². The van der Waals surface area contributed by atoms with E-state index >= 15 is 0 Å². The Balaban J connectivity index is 2.18. The van der Waals surface area contributed by atoms with Crippen molar-refractivity contribution in [3.05, 3.63) is 20.8 Å². The molecule has 7 heteroatoms. The lowest BCUT2D eigenvalue weighted by atomic mass is 10.1. The van der Waals surface area contributed by atoms with Crippen molar-refractivity contribution in [2.24, 2.45) is 0 Å². The van der Waals surface area contributed by atoms with Gasteiger partial charge in [0.05, 0.1) is 20.9 Å². The van der Waals surface area contributed by atoms with Gasteiger partial charge < -0.3 is 4.90 Å². The maximum atomic E-state index is 12.5. The molecule has 0 saturated carbocycles. The topological polar surface area (TPSA) is 54.5 Å². The van der Waals surface area contributed by atoms with E-state index in [4.69, 9.17) is 0 Å². The summed E-state index contributed by atoms with van der Waals surface area (Å²) in [6, 6.07) is 1.62. The summed E-state index contributed by atoms with van der Waals surface area (Å²) in [5.41, 5.74) is 0.634. The number of carbonyl (C=O) groups is 1. The van der Waals surface area contributed by atoms with E-state index in [-0.39, 0.29) is 23.5 Å². The number of amides is 1. The number of hydrogen-bond donors (Lipinski definition) is 0. The summed E-state index contributed by atoms with van der Waals surface area (Å²) < 4.78 is 24.0. The van der Waals surface area contributed by atoms with Gasteiger partial charge >= 0.3 is 0 Å². The van der Waals surface area contributed by atoms with E-state index in [1.165, 1.54) is 11.3 Å². The zero-order valence-electron chi connectivity index (χ0n) is 10.6. The molecule has 1 aromatic rings. The van der Waals surface area contributed by atoms with Crippen molar-refractivity contribution in [1.29, 1.82) is 0 Å². The predicted molar refractivity (Wildman–Crippen MR) is 80.4 cm³/mol. The van der Waals surface area contributed by atoms with E-state index in [1.807, 2.05) is 6.92 Å². The average molecular weight is 366 g/mol. The fourth-order valence-electron chi connectivity index (χ4n) is 2.30. The van der Waals surface area contributed by atoms with Gasteiger partial charge in [-0.05, 0) is 34.8 Å². The van der Waals surface area contributed by atoms with Crippen LogP contribution in [0.3, 0.4) is 0 Å². The standard InChI is InChI=1S/C12H16BrNO3S2/c1-2-4-14(10-3-5-19(16,17)8-10)12(15)9-6-11(13)18-7-9/h6-7,10H,2-5,8H2,1H3. The Labute approximate surface area is 125 Å². The number of halogens is 1. The lowest BCUT2D eigenvalue weighted by molar-refractivity contribution is 0.0697. The average Bonchev–Trinajstić information content (AvgIpc) is 2.91. The van der Waals surface area contributed by atoms with Crippen molar-refractivity contribution in [1.82, 2.24) is 4.90 Å². The van der Waals surface area contributed by atoms with Crippen LogP contribution in [0.2, 0.25) is 0 Å². The third-order valence-corrected chi connectivity index (χ3v) is 6.44. The third-order valence-electron chi connectivity index (χ3n) is 3.19. The Bertz CT molecular complexity index is 567. The second-order valence-electron chi connectivity index (χ2n) is 4.69.